The van der Waals surface area contributed by atoms with Crippen molar-refractivity contribution in [3.8, 4) is 16.9 Å². The zero-order valence-corrected chi connectivity index (χ0v) is 15.7. The van der Waals surface area contributed by atoms with Crippen LogP contribution in [0.2, 0.25) is 0 Å². The first-order chi connectivity index (χ1) is 12.7. The highest BCUT2D eigenvalue weighted by Gasteiger charge is 2.13. The molecule has 0 saturated carbocycles. The first-order valence-corrected chi connectivity index (χ1v) is 9.78. The van der Waals surface area contributed by atoms with E-state index in [4.69, 9.17) is 4.74 Å². The predicted octanol–water partition coefficient (Wildman–Crippen LogP) is 6.36. The van der Waals surface area contributed by atoms with Crippen molar-refractivity contribution < 1.29 is 14.6 Å². The largest absolute Gasteiger partial charge is 0.508 e. The third-order valence-electron chi connectivity index (χ3n) is 4.56. The fourth-order valence-corrected chi connectivity index (χ4v) is 3.03. The number of phenols is 1. The molecule has 3 heteroatoms. The van der Waals surface area contributed by atoms with Gasteiger partial charge in [0.1, 0.15) is 5.75 Å². The molecule has 0 unspecified atom stereocenters. The maximum absolute atomic E-state index is 12.4. The monoisotopic (exact) mass is 354 g/mol. The van der Waals surface area contributed by atoms with E-state index in [1.807, 2.05) is 18.2 Å². The molecular formula is C23H30O3. The lowest BCUT2D eigenvalue weighted by Gasteiger charge is -2.10. The number of phenolic OH excluding ortho intramolecular Hbond substituents is 1. The Kier molecular flexibility index (Phi) is 8.74. The number of rotatable bonds is 11. The van der Waals surface area contributed by atoms with Crippen LogP contribution in [0.25, 0.3) is 11.1 Å². The average molecular weight is 354 g/mol. The van der Waals surface area contributed by atoms with Crippen LogP contribution in [0, 0.1) is 0 Å². The number of carbonyl (C=O) groups excluding carboxylic acids is 1. The van der Waals surface area contributed by atoms with Gasteiger partial charge in [-0.05, 0) is 35.7 Å². The topological polar surface area (TPSA) is 46.5 Å². The van der Waals surface area contributed by atoms with Crippen LogP contribution in [0.3, 0.4) is 0 Å². The normalized spacial score (nSPS) is 10.7. The van der Waals surface area contributed by atoms with Gasteiger partial charge in [-0.3, -0.25) is 0 Å². The summed E-state index contributed by atoms with van der Waals surface area (Å²) in [6, 6.07) is 14.3. The predicted molar refractivity (Wildman–Crippen MR) is 106 cm³/mol. The highest BCUT2D eigenvalue weighted by atomic mass is 16.5. The number of ether oxygens (including phenoxy) is 1. The van der Waals surface area contributed by atoms with Gasteiger partial charge < -0.3 is 9.84 Å². The molecule has 0 bridgehead atoms. The second kappa shape index (κ2) is 11.3. The summed E-state index contributed by atoms with van der Waals surface area (Å²) in [5.74, 6) is -0.0693. The Morgan fingerprint density at radius 3 is 2.15 bits per heavy atom. The standard InChI is InChI=1S/C23H30O3/c1-2-3-4-5-6-7-8-11-18-26-23(25)22-13-10-9-12-21(22)19-14-16-20(24)17-15-19/h9-10,12-17,24H,2-8,11,18H2,1H3. The fraction of sp³-hybridized carbons (Fsp3) is 0.435. The van der Waals surface area contributed by atoms with Gasteiger partial charge in [-0.25, -0.2) is 4.79 Å². The van der Waals surface area contributed by atoms with Crippen molar-refractivity contribution in [2.24, 2.45) is 0 Å². The summed E-state index contributed by atoms with van der Waals surface area (Å²) >= 11 is 0. The Morgan fingerprint density at radius 2 is 1.46 bits per heavy atom. The second-order valence-corrected chi connectivity index (χ2v) is 6.70. The molecule has 0 saturated heterocycles. The van der Waals surface area contributed by atoms with Crippen LogP contribution in [0.15, 0.2) is 48.5 Å². The van der Waals surface area contributed by atoms with Gasteiger partial charge in [-0.2, -0.15) is 0 Å². The van der Waals surface area contributed by atoms with Crippen molar-refractivity contribution >= 4 is 5.97 Å². The number of hydrogen-bond acceptors (Lipinski definition) is 3. The third kappa shape index (κ3) is 6.55. The lowest BCUT2D eigenvalue weighted by Crippen LogP contribution is -2.08. The minimum atomic E-state index is -0.281. The van der Waals surface area contributed by atoms with Crippen molar-refractivity contribution in [3.63, 3.8) is 0 Å². The van der Waals surface area contributed by atoms with Crippen molar-refractivity contribution in [2.75, 3.05) is 6.61 Å². The van der Waals surface area contributed by atoms with Gasteiger partial charge >= 0.3 is 5.97 Å². The van der Waals surface area contributed by atoms with Crippen molar-refractivity contribution in [1.29, 1.82) is 0 Å². The van der Waals surface area contributed by atoms with Gasteiger partial charge in [0.25, 0.3) is 0 Å². The minimum absolute atomic E-state index is 0.212. The molecule has 0 heterocycles. The summed E-state index contributed by atoms with van der Waals surface area (Å²) in [4.78, 5) is 12.4. The van der Waals surface area contributed by atoms with Gasteiger partial charge in [-0.1, -0.05) is 82.2 Å². The molecule has 2 aromatic carbocycles. The Labute approximate surface area is 157 Å². The third-order valence-corrected chi connectivity index (χ3v) is 4.56. The van der Waals surface area contributed by atoms with E-state index < -0.39 is 0 Å². The first kappa shape index (κ1) is 20.0. The van der Waals surface area contributed by atoms with Crippen LogP contribution in [0.4, 0.5) is 0 Å². The van der Waals surface area contributed by atoms with E-state index in [2.05, 4.69) is 6.92 Å². The number of aromatic hydroxyl groups is 1. The van der Waals surface area contributed by atoms with Gasteiger partial charge in [0.15, 0.2) is 0 Å². The average Bonchev–Trinajstić information content (AvgIpc) is 2.67. The van der Waals surface area contributed by atoms with Crippen LogP contribution < -0.4 is 0 Å². The zero-order valence-electron chi connectivity index (χ0n) is 15.7. The molecule has 2 rings (SSSR count). The number of benzene rings is 2. The summed E-state index contributed by atoms with van der Waals surface area (Å²) in [5, 5.41) is 9.44. The molecule has 0 radical (unpaired) electrons. The molecule has 0 fully saturated rings. The SMILES string of the molecule is CCCCCCCCCCOC(=O)c1ccccc1-c1ccc(O)cc1. The molecule has 0 aromatic heterocycles. The number of carbonyl (C=O) groups is 1. The first-order valence-electron chi connectivity index (χ1n) is 9.78. The molecule has 3 nitrogen and oxygen atoms in total. The minimum Gasteiger partial charge on any atom is -0.508 e. The van der Waals surface area contributed by atoms with E-state index in [1.54, 1.807) is 30.3 Å². The molecule has 26 heavy (non-hydrogen) atoms. The van der Waals surface area contributed by atoms with Gasteiger partial charge in [0.05, 0.1) is 12.2 Å². The molecule has 0 aliphatic carbocycles. The molecule has 0 amide bonds. The van der Waals surface area contributed by atoms with Crippen molar-refractivity contribution in [1.82, 2.24) is 0 Å². The smallest absolute Gasteiger partial charge is 0.338 e. The molecule has 140 valence electrons. The van der Waals surface area contributed by atoms with E-state index in [0.29, 0.717) is 12.2 Å². The highest BCUT2D eigenvalue weighted by molar-refractivity contribution is 5.97. The molecule has 1 N–H and O–H groups in total. The Balaban J connectivity index is 1.78. The van der Waals surface area contributed by atoms with Crippen molar-refractivity contribution in [2.45, 2.75) is 58.3 Å². The molecule has 0 aliphatic heterocycles. The maximum atomic E-state index is 12.4. The Hall–Kier alpha value is -2.29. The summed E-state index contributed by atoms with van der Waals surface area (Å²) in [7, 11) is 0. The lowest BCUT2D eigenvalue weighted by atomic mass is 10.00. The molecule has 2 aromatic rings. The zero-order chi connectivity index (χ0) is 18.6. The lowest BCUT2D eigenvalue weighted by molar-refractivity contribution is 0.0498. The molecule has 0 aliphatic rings. The maximum Gasteiger partial charge on any atom is 0.338 e. The van der Waals surface area contributed by atoms with Crippen LogP contribution in [0.1, 0.15) is 68.6 Å². The molecular weight excluding hydrogens is 324 g/mol. The van der Waals surface area contributed by atoms with E-state index in [-0.39, 0.29) is 11.7 Å². The van der Waals surface area contributed by atoms with Gasteiger partial charge in [0, 0.05) is 0 Å². The van der Waals surface area contributed by atoms with Crippen molar-refractivity contribution in [3.05, 3.63) is 54.1 Å². The van der Waals surface area contributed by atoms with Crippen LogP contribution in [0.5, 0.6) is 5.75 Å². The van der Waals surface area contributed by atoms with Crippen LogP contribution in [-0.4, -0.2) is 17.7 Å². The van der Waals surface area contributed by atoms with E-state index in [1.165, 1.54) is 38.5 Å². The number of unbranched alkanes of at least 4 members (excludes halogenated alkanes) is 7. The number of esters is 1. The summed E-state index contributed by atoms with van der Waals surface area (Å²) in [6.45, 7) is 2.70. The Morgan fingerprint density at radius 1 is 0.846 bits per heavy atom. The Bertz CT molecular complexity index is 661. The fourth-order valence-electron chi connectivity index (χ4n) is 3.03. The van der Waals surface area contributed by atoms with Crippen LogP contribution in [-0.2, 0) is 4.74 Å². The summed E-state index contributed by atoms with van der Waals surface area (Å²) < 4.78 is 5.47. The van der Waals surface area contributed by atoms with E-state index in [9.17, 15) is 9.90 Å². The van der Waals surface area contributed by atoms with E-state index in [0.717, 1.165) is 24.0 Å². The quantitative estimate of drug-likeness (QED) is 0.377. The van der Waals surface area contributed by atoms with Gasteiger partial charge in [-0.15, -0.1) is 0 Å². The second-order valence-electron chi connectivity index (χ2n) is 6.70. The highest BCUT2D eigenvalue weighted by Crippen LogP contribution is 2.26. The summed E-state index contributed by atoms with van der Waals surface area (Å²) in [5.41, 5.74) is 2.29. The molecule has 0 atom stereocenters. The van der Waals surface area contributed by atoms with E-state index >= 15 is 0 Å². The summed E-state index contributed by atoms with van der Waals surface area (Å²) in [6.07, 6.45) is 9.77. The number of hydrogen-bond donors (Lipinski definition) is 1. The van der Waals surface area contributed by atoms with Crippen LogP contribution >= 0.6 is 0 Å². The van der Waals surface area contributed by atoms with Gasteiger partial charge in [0.2, 0.25) is 0 Å². The molecule has 0 spiro atoms.